The number of nitrogens with two attached hydrogens (primary N) is 1. The van der Waals surface area contributed by atoms with Crippen LogP contribution in [-0.2, 0) is 6.61 Å². The van der Waals surface area contributed by atoms with Crippen LogP contribution in [0.25, 0.3) is 0 Å². The molecular formula is C16H14N2O2. The van der Waals surface area contributed by atoms with Gasteiger partial charge >= 0.3 is 0 Å². The van der Waals surface area contributed by atoms with Gasteiger partial charge in [-0.25, -0.2) is 0 Å². The van der Waals surface area contributed by atoms with E-state index in [1.54, 1.807) is 30.3 Å². The molecule has 4 heteroatoms. The summed E-state index contributed by atoms with van der Waals surface area (Å²) >= 11 is 0. The highest BCUT2D eigenvalue weighted by Crippen LogP contribution is 2.16. The average molecular weight is 266 g/mol. The van der Waals surface area contributed by atoms with Gasteiger partial charge in [-0.1, -0.05) is 6.07 Å². The Morgan fingerprint density at radius 1 is 1.25 bits per heavy atom. The number of nitrogens with zero attached hydrogens (tertiary/aromatic N) is 1. The fraction of sp³-hybridized carbons (Fsp3) is 0.125. The van der Waals surface area contributed by atoms with Crippen molar-refractivity contribution in [2.24, 2.45) is 5.73 Å². The summed E-state index contributed by atoms with van der Waals surface area (Å²) in [4.78, 5) is 11.0. The summed E-state index contributed by atoms with van der Waals surface area (Å²) in [6.07, 6.45) is 0. The first kappa shape index (κ1) is 13.6. The summed E-state index contributed by atoms with van der Waals surface area (Å²) in [5.74, 6) is 0.207. The number of ether oxygens (including phenoxy) is 1. The smallest absolute Gasteiger partial charge is 0.248 e. The van der Waals surface area contributed by atoms with Crippen LogP contribution < -0.4 is 10.5 Å². The molecule has 0 aliphatic carbocycles. The van der Waals surface area contributed by atoms with Crippen LogP contribution in [0.4, 0.5) is 0 Å². The van der Waals surface area contributed by atoms with Crippen LogP contribution in [0.1, 0.15) is 27.0 Å². The lowest BCUT2D eigenvalue weighted by atomic mass is 10.1. The summed E-state index contributed by atoms with van der Waals surface area (Å²) in [5, 5.41) is 8.81. The quantitative estimate of drug-likeness (QED) is 0.923. The highest BCUT2D eigenvalue weighted by molar-refractivity contribution is 5.92. The molecule has 4 nitrogen and oxygen atoms in total. The third-order valence-corrected chi connectivity index (χ3v) is 3.00. The number of carbonyl (C=O) groups is 1. The van der Waals surface area contributed by atoms with Crippen LogP contribution >= 0.6 is 0 Å². The number of aryl methyl sites for hydroxylation is 1. The number of amides is 1. The Balaban J connectivity index is 2.05. The maximum atomic E-state index is 11.0. The molecule has 0 unspecified atom stereocenters. The Bertz CT molecular complexity index is 670. The summed E-state index contributed by atoms with van der Waals surface area (Å²) in [6.45, 7) is 2.35. The second-order valence-electron chi connectivity index (χ2n) is 4.43. The molecule has 2 N–H and O–H groups in total. The zero-order chi connectivity index (χ0) is 14.5. The van der Waals surface area contributed by atoms with Gasteiger partial charge < -0.3 is 10.5 Å². The molecule has 0 atom stereocenters. The number of primary amides is 1. The van der Waals surface area contributed by atoms with Crippen molar-refractivity contribution in [1.82, 2.24) is 0 Å². The molecule has 2 aromatic rings. The van der Waals surface area contributed by atoms with Gasteiger partial charge in [0.05, 0.1) is 11.6 Å². The van der Waals surface area contributed by atoms with Gasteiger partial charge in [-0.15, -0.1) is 0 Å². The van der Waals surface area contributed by atoms with Gasteiger partial charge in [0.25, 0.3) is 0 Å². The number of carbonyl (C=O) groups excluding carboxylic acids is 1. The van der Waals surface area contributed by atoms with Crippen molar-refractivity contribution < 1.29 is 9.53 Å². The third kappa shape index (κ3) is 3.15. The standard InChI is InChI=1S/C16H14N2O2/c1-11-8-12(9-17)2-3-14(11)10-20-15-6-4-13(5-7-15)16(18)19/h2-8H,10H2,1H3,(H2,18,19). The number of rotatable bonds is 4. The van der Waals surface area contributed by atoms with Crippen LogP contribution in [0.15, 0.2) is 42.5 Å². The lowest BCUT2D eigenvalue weighted by Gasteiger charge is -2.09. The maximum Gasteiger partial charge on any atom is 0.248 e. The second-order valence-corrected chi connectivity index (χ2v) is 4.43. The van der Waals surface area contributed by atoms with Crippen LogP contribution in [-0.4, -0.2) is 5.91 Å². The molecule has 0 bridgehead atoms. The fourth-order valence-electron chi connectivity index (χ4n) is 1.80. The maximum absolute atomic E-state index is 11.0. The molecule has 0 aromatic heterocycles. The van der Waals surface area contributed by atoms with Crippen LogP contribution in [0, 0.1) is 18.3 Å². The Labute approximate surface area is 117 Å². The predicted octanol–water partition coefficient (Wildman–Crippen LogP) is 2.54. The highest BCUT2D eigenvalue weighted by atomic mass is 16.5. The first-order valence-electron chi connectivity index (χ1n) is 6.12. The van der Waals surface area contributed by atoms with E-state index in [2.05, 4.69) is 6.07 Å². The SMILES string of the molecule is Cc1cc(C#N)ccc1COc1ccc(C(N)=O)cc1. The normalized spacial score (nSPS) is 9.80. The van der Waals surface area contributed by atoms with Crippen molar-refractivity contribution in [3.8, 4) is 11.8 Å². The average Bonchev–Trinajstić information content (AvgIpc) is 2.46. The fourth-order valence-corrected chi connectivity index (χ4v) is 1.80. The van der Waals surface area contributed by atoms with E-state index < -0.39 is 5.91 Å². The van der Waals surface area contributed by atoms with E-state index in [1.807, 2.05) is 19.1 Å². The molecule has 0 fully saturated rings. The van der Waals surface area contributed by atoms with Gasteiger partial charge in [0, 0.05) is 5.56 Å². The number of benzene rings is 2. The molecule has 0 saturated heterocycles. The van der Waals surface area contributed by atoms with Crippen molar-refractivity contribution in [1.29, 1.82) is 5.26 Å². The molecular weight excluding hydrogens is 252 g/mol. The Kier molecular flexibility index (Phi) is 4.02. The van der Waals surface area contributed by atoms with Crippen molar-refractivity contribution >= 4 is 5.91 Å². The molecule has 2 aromatic carbocycles. The zero-order valence-corrected chi connectivity index (χ0v) is 11.1. The lowest BCUT2D eigenvalue weighted by Crippen LogP contribution is -2.10. The minimum absolute atomic E-state index is 0.410. The number of nitriles is 1. The van der Waals surface area contributed by atoms with E-state index in [1.165, 1.54) is 0 Å². The highest BCUT2D eigenvalue weighted by Gasteiger charge is 2.03. The van der Waals surface area contributed by atoms with Gasteiger partial charge in [0.2, 0.25) is 5.91 Å². The van der Waals surface area contributed by atoms with E-state index >= 15 is 0 Å². The van der Waals surface area contributed by atoms with Crippen LogP contribution in [0.2, 0.25) is 0 Å². The van der Waals surface area contributed by atoms with Gasteiger partial charge in [-0.3, -0.25) is 4.79 Å². The second kappa shape index (κ2) is 5.89. The van der Waals surface area contributed by atoms with Gasteiger partial charge in [0.15, 0.2) is 0 Å². The first-order valence-corrected chi connectivity index (χ1v) is 6.12. The Hall–Kier alpha value is -2.80. The molecule has 0 aliphatic rings. The molecule has 0 spiro atoms. The molecule has 0 aliphatic heterocycles. The minimum Gasteiger partial charge on any atom is -0.489 e. The summed E-state index contributed by atoms with van der Waals surface area (Å²) in [6, 6.07) is 14.2. The van der Waals surface area contributed by atoms with E-state index in [-0.39, 0.29) is 0 Å². The van der Waals surface area contributed by atoms with Gasteiger partial charge in [-0.05, 0) is 54.4 Å². The lowest BCUT2D eigenvalue weighted by molar-refractivity contribution is 0.100. The topological polar surface area (TPSA) is 76.1 Å². The van der Waals surface area contributed by atoms with E-state index in [9.17, 15) is 4.79 Å². The molecule has 1 amide bonds. The molecule has 2 rings (SSSR count). The Morgan fingerprint density at radius 2 is 1.95 bits per heavy atom. The molecule has 0 heterocycles. The largest absolute Gasteiger partial charge is 0.489 e. The molecule has 0 radical (unpaired) electrons. The van der Waals surface area contributed by atoms with Crippen molar-refractivity contribution in [2.75, 3.05) is 0 Å². The van der Waals surface area contributed by atoms with E-state index in [0.29, 0.717) is 23.5 Å². The summed E-state index contributed by atoms with van der Waals surface area (Å²) in [7, 11) is 0. The summed E-state index contributed by atoms with van der Waals surface area (Å²) in [5.41, 5.74) is 8.29. The Morgan fingerprint density at radius 3 is 2.50 bits per heavy atom. The van der Waals surface area contributed by atoms with Crippen LogP contribution in [0.5, 0.6) is 5.75 Å². The van der Waals surface area contributed by atoms with Gasteiger partial charge in [-0.2, -0.15) is 5.26 Å². The first-order chi connectivity index (χ1) is 9.60. The van der Waals surface area contributed by atoms with E-state index in [4.69, 9.17) is 15.7 Å². The zero-order valence-electron chi connectivity index (χ0n) is 11.1. The monoisotopic (exact) mass is 266 g/mol. The van der Waals surface area contributed by atoms with Crippen molar-refractivity contribution in [3.05, 3.63) is 64.7 Å². The molecule has 100 valence electrons. The van der Waals surface area contributed by atoms with Crippen molar-refractivity contribution in [2.45, 2.75) is 13.5 Å². The summed E-state index contributed by atoms with van der Waals surface area (Å²) < 4.78 is 5.65. The predicted molar refractivity (Wildman–Crippen MR) is 75.2 cm³/mol. The molecule has 20 heavy (non-hydrogen) atoms. The molecule has 0 saturated carbocycles. The van der Waals surface area contributed by atoms with Crippen LogP contribution in [0.3, 0.4) is 0 Å². The minimum atomic E-state index is -0.459. The third-order valence-electron chi connectivity index (χ3n) is 3.00. The number of hydrogen-bond donors (Lipinski definition) is 1. The van der Waals surface area contributed by atoms with E-state index in [0.717, 1.165) is 11.1 Å². The van der Waals surface area contributed by atoms with Gasteiger partial charge in [0.1, 0.15) is 12.4 Å². The number of hydrogen-bond acceptors (Lipinski definition) is 3. The van der Waals surface area contributed by atoms with Crippen molar-refractivity contribution in [3.63, 3.8) is 0 Å².